The van der Waals surface area contributed by atoms with Crippen LogP contribution in [0.15, 0.2) is 22.0 Å². The number of anilines is 1. The molecule has 2 fully saturated rings. The summed E-state index contributed by atoms with van der Waals surface area (Å²) in [6.07, 6.45) is 4.75. The van der Waals surface area contributed by atoms with E-state index in [1.165, 1.54) is 6.92 Å². The van der Waals surface area contributed by atoms with Crippen LogP contribution in [-0.4, -0.2) is 41.4 Å². The number of hydrogen-bond acceptors (Lipinski definition) is 8. The standard InChI is InChI=1S/C36H52N4O7/c1-11-45-36(44)40-33-31(47-35(43)29-21(6)14-18(3)15-22(29)7)24(9)27(39-33)16-26-23(8)30(32(38-26)37-25(10)41)46-34(42)28-19(4)12-17(2)13-20(28)5/h16-22,28-29,38H,11-15H2,1-10H3,(H,37,41)(H,39,40,44). The molecule has 3 aliphatic rings. The molecule has 258 valence electrons. The molecular weight excluding hydrogens is 600 g/mol. The second kappa shape index (κ2) is 14.9. The van der Waals surface area contributed by atoms with Crippen molar-refractivity contribution in [3.63, 3.8) is 0 Å². The molecular formula is C36H52N4O7. The largest absolute Gasteiger partial charge is 0.450 e. The Morgan fingerprint density at radius 1 is 0.830 bits per heavy atom. The van der Waals surface area contributed by atoms with Gasteiger partial charge in [-0.3, -0.25) is 19.7 Å². The highest BCUT2D eigenvalue weighted by atomic mass is 16.6. The predicted molar refractivity (Wildman–Crippen MR) is 180 cm³/mol. The third-order valence-electron chi connectivity index (χ3n) is 9.98. The Hall–Kier alpha value is -3.89. The minimum absolute atomic E-state index is 0.0671. The molecule has 1 aromatic heterocycles. The molecule has 47 heavy (non-hydrogen) atoms. The van der Waals surface area contributed by atoms with Crippen LogP contribution >= 0.6 is 0 Å². The maximum atomic E-state index is 13.6. The van der Waals surface area contributed by atoms with Crippen molar-refractivity contribution in [2.75, 3.05) is 11.9 Å². The maximum Gasteiger partial charge on any atom is 0.412 e. The molecule has 0 aromatic carbocycles. The molecule has 1 aliphatic heterocycles. The van der Waals surface area contributed by atoms with Crippen LogP contribution in [0.3, 0.4) is 0 Å². The number of H-pyrrole nitrogens is 1. The second-order valence-electron chi connectivity index (χ2n) is 14.3. The van der Waals surface area contributed by atoms with Crippen LogP contribution in [0, 0.1) is 54.3 Å². The summed E-state index contributed by atoms with van der Waals surface area (Å²) in [7, 11) is 0. The van der Waals surface area contributed by atoms with Gasteiger partial charge in [-0.2, -0.15) is 0 Å². The van der Waals surface area contributed by atoms with Gasteiger partial charge >= 0.3 is 18.0 Å². The first-order valence-corrected chi connectivity index (χ1v) is 17.0. The Labute approximate surface area is 278 Å². The van der Waals surface area contributed by atoms with Crippen LogP contribution in [-0.2, 0) is 23.9 Å². The van der Waals surface area contributed by atoms with Crippen molar-refractivity contribution in [3.05, 3.63) is 28.3 Å². The molecule has 11 nitrogen and oxygen atoms in total. The SMILES string of the molecule is CCOC(=O)NC1=NC(=Cc2[nH]c(NC(C)=O)c(OC(=O)C3C(C)CC(C)CC3C)c2C)C(C)=C1OC(=O)C1C(C)CC(C)CC1C. The topological polar surface area (TPSA) is 148 Å². The zero-order chi connectivity index (χ0) is 34.7. The monoisotopic (exact) mass is 652 g/mol. The zero-order valence-electron chi connectivity index (χ0n) is 29.5. The normalized spacial score (nSPS) is 30.1. The Morgan fingerprint density at radius 2 is 1.34 bits per heavy atom. The first kappa shape index (κ1) is 36.0. The van der Waals surface area contributed by atoms with Gasteiger partial charge in [-0.05, 0) is 88.0 Å². The number of amides is 2. The van der Waals surface area contributed by atoms with Gasteiger partial charge in [-0.1, -0.05) is 41.5 Å². The Kier molecular flexibility index (Phi) is 11.4. The number of hydrogen-bond donors (Lipinski definition) is 3. The van der Waals surface area contributed by atoms with E-state index in [0.29, 0.717) is 34.4 Å². The van der Waals surface area contributed by atoms with Crippen LogP contribution in [0.4, 0.5) is 10.6 Å². The van der Waals surface area contributed by atoms with Crippen LogP contribution in [0.25, 0.3) is 6.08 Å². The summed E-state index contributed by atoms with van der Waals surface area (Å²) in [4.78, 5) is 59.5. The first-order chi connectivity index (χ1) is 22.1. The van der Waals surface area contributed by atoms with Crippen LogP contribution < -0.4 is 15.4 Å². The lowest BCUT2D eigenvalue weighted by Gasteiger charge is -2.36. The van der Waals surface area contributed by atoms with Gasteiger partial charge in [0.1, 0.15) is 0 Å². The molecule has 11 heteroatoms. The number of carbonyl (C=O) groups is 4. The molecule has 4 rings (SSSR count). The van der Waals surface area contributed by atoms with Gasteiger partial charge in [0.2, 0.25) is 5.91 Å². The van der Waals surface area contributed by atoms with E-state index in [0.717, 1.165) is 25.7 Å². The third-order valence-corrected chi connectivity index (χ3v) is 9.98. The molecule has 1 aromatic rings. The molecule has 3 N–H and O–H groups in total. The number of nitrogens with one attached hydrogen (secondary N) is 3. The number of ether oxygens (including phenoxy) is 3. The number of allylic oxidation sites excluding steroid dienone is 1. The number of nitrogens with zero attached hydrogens (tertiary/aromatic N) is 1. The van der Waals surface area contributed by atoms with E-state index >= 15 is 0 Å². The number of aromatic nitrogens is 1. The molecule has 0 bridgehead atoms. The van der Waals surface area contributed by atoms with E-state index in [-0.39, 0.29) is 83.1 Å². The number of aromatic amines is 1. The van der Waals surface area contributed by atoms with Gasteiger partial charge in [0, 0.05) is 23.8 Å². The molecule has 2 saturated carbocycles. The minimum Gasteiger partial charge on any atom is -0.450 e. The fourth-order valence-corrected chi connectivity index (χ4v) is 8.14. The Balaban J connectivity index is 1.69. The van der Waals surface area contributed by atoms with Gasteiger partial charge in [-0.15, -0.1) is 0 Å². The highest BCUT2D eigenvalue weighted by molar-refractivity contribution is 6.10. The Morgan fingerprint density at radius 3 is 1.83 bits per heavy atom. The highest BCUT2D eigenvalue weighted by Gasteiger charge is 2.40. The molecule has 4 unspecified atom stereocenters. The van der Waals surface area contributed by atoms with Gasteiger partial charge in [-0.25, -0.2) is 9.79 Å². The number of alkyl carbamates (subject to hydrolysis) is 1. The molecule has 0 spiro atoms. The van der Waals surface area contributed by atoms with Crippen molar-refractivity contribution in [1.82, 2.24) is 10.3 Å². The van der Waals surface area contributed by atoms with Gasteiger partial charge in [0.25, 0.3) is 0 Å². The summed E-state index contributed by atoms with van der Waals surface area (Å²) in [5, 5.41) is 5.37. The second-order valence-corrected chi connectivity index (χ2v) is 14.3. The smallest absolute Gasteiger partial charge is 0.412 e. The lowest BCUT2D eigenvalue weighted by atomic mass is 9.69. The number of carbonyl (C=O) groups excluding carboxylic acids is 4. The van der Waals surface area contributed by atoms with Crippen molar-refractivity contribution >= 4 is 41.7 Å². The fraction of sp³-hybridized carbons (Fsp3) is 0.639. The fourth-order valence-electron chi connectivity index (χ4n) is 8.14. The van der Waals surface area contributed by atoms with Crippen molar-refractivity contribution in [2.45, 2.75) is 94.9 Å². The molecule has 0 radical (unpaired) electrons. The maximum absolute atomic E-state index is 13.6. The minimum atomic E-state index is -0.721. The van der Waals surface area contributed by atoms with Crippen LogP contribution in [0.2, 0.25) is 0 Å². The van der Waals surface area contributed by atoms with E-state index in [4.69, 9.17) is 14.2 Å². The summed E-state index contributed by atoms with van der Waals surface area (Å²) < 4.78 is 17.1. The number of esters is 2. The summed E-state index contributed by atoms with van der Waals surface area (Å²) in [5.74, 6) is 0.862. The van der Waals surface area contributed by atoms with Gasteiger partial charge in [0.05, 0.1) is 24.1 Å². The molecule has 2 amide bonds. The summed E-state index contributed by atoms with van der Waals surface area (Å²) in [5.41, 5.74) is 2.06. The summed E-state index contributed by atoms with van der Waals surface area (Å²) in [6.45, 7) is 19.5. The number of rotatable bonds is 7. The predicted octanol–water partition coefficient (Wildman–Crippen LogP) is 7.14. The van der Waals surface area contributed by atoms with Crippen molar-refractivity contribution in [3.8, 4) is 5.75 Å². The average Bonchev–Trinajstić information content (AvgIpc) is 3.37. The highest BCUT2D eigenvalue weighted by Crippen LogP contribution is 2.42. The van der Waals surface area contributed by atoms with Crippen LogP contribution in [0.1, 0.15) is 99.3 Å². The Bertz CT molecular complexity index is 1460. The summed E-state index contributed by atoms with van der Waals surface area (Å²) in [6, 6.07) is 0. The first-order valence-electron chi connectivity index (χ1n) is 17.0. The number of amidine groups is 1. The molecule has 0 saturated heterocycles. The molecule has 4 atom stereocenters. The van der Waals surface area contributed by atoms with Crippen molar-refractivity contribution in [1.29, 1.82) is 0 Å². The van der Waals surface area contributed by atoms with E-state index in [1.54, 1.807) is 26.8 Å². The van der Waals surface area contributed by atoms with Gasteiger partial charge in [0.15, 0.2) is 23.2 Å². The van der Waals surface area contributed by atoms with Crippen LogP contribution in [0.5, 0.6) is 5.75 Å². The van der Waals surface area contributed by atoms with E-state index < -0.39 is 6.09 Å². The third kappa shape index (κ3) is 8.16. The number of aliphatic imine (C=N–C) groups is 1. The van der Waals surface area contributed by atoms with E-state index in [9.17, 15) is 19.2 Å². The van der Waals surface area contributed by atoms with Gasteiger partial charge < -0.3 is 24.5 Å². The van der Waals surface area contributed by atoms with E-state index in [1.807, 2.05) is 0 Å². The van der Waals surface area contributed by atoms with Crippen molar-refractivity contribution in [2.24, 2.45) is 52.3 Å². The quantitative estimate of drug-likeness (QED) is 0.265. The summed E-state index contributed by atoms with van der Waals surface area (Å²) >= 11 is 0. The van der Waals surface area contributed by atoms with E-state index in [2.05, 4.69) is 62.2 Å². The lowest BCUT2D eigenvalue weighted by molar-refractivity contribution is -0.149. The zero-order valence-corrected chi connectivity index (χ0v) is 29.5. The molecule has 2 aliphatic carbocycles. The van der Waals surface area contributed by atoms with Crippen molar-refractivity contribution < 1.29 is 33.4 Å². The molecule has 2 heterocycles. The average molecular weight is 653 g/mol. The lowest BCUT2D eigenvalue weighted by Crippen LogP contribution is -2.38.